The first kappa shape index (κ1) is 15.6. The fourth-order valence-electron chi connectivity index (χ4n) is 2.98. The van der Waals surface area contributed by atoms with Gasteiger partial charge >= 0.3 is 0 Å². The molecule has 3 rings (SSSR count). The smallest absolute Gasteiger partial charge is 0.119 e. The summed E-state index contributed by atoms with van der Waals surface area (Å²) in [4.78, 5) is 0. The number of hydrogen-bond acceptors (Lipinski definition) is 3. The van der Waals surface area contributed by atoms with Crippen molar-refractivity contribution < 1.29 is 9.84 Å². The van der Waals surface area contributed by atoms with Gasteiger partial charge in [0.05, 0.1) is 18.8 Å². The zero-order chi connectivity index (χ0) is 16.1. The van der Waals surface area contributed by atoms with Crippen LogP contribution in [0.5, 0.6) is 5.75 Å². The van der Waals surface area contributed by atoms with Gasteiger partial charge < -0.3 is 15.2 Å². The second kappa shape index (κ2) is 7.32. The summed E-state index contributed by atoms with van der Waals surface area (Å²) >= 11 is 0. The Morgan fingerprint density at radius 1 is 1.17 bits per heavy atom. The van der Waals surface area contributed by atoms with E-state index < -0.39 is 0 Å². The molecule has 0 radical (unpaired) electrons. The molecule has 0 fully saturated rings. The molecule has 0 amide bonds. The van der Waals surface area contributed by atoms with Gasteiger partial charge in [0.15, 0.2) is 0 Å². The van der Waals surface area contributed by atoms with Gasteiger partial charge in [-0.2, -0.15) is 0 Å². The average Bonchev–Trinajstić information content (AvgIpc) is 2.90. The summed E-state index contributed by atoms with van der Waals surface area (Å²) in [5.41, 5.74) is 3.59. The molecule has 1 aliphatic carbocycles. The molecule has 0 heterocycles. The maximum Gasteiger partial charge on any atom is 0.119 e. The van der Waals surface area contributed by atoms with Gasteiger partial charge in [0, 0.05) is 19.4 Å². The van der Waals surface area contributed by atoms with E-state index in [2.05, 4.69) is 23.4 Å². The van der Waals surface area contributed by atoms with Gasteiger partial charge in [-0.15, -0.1) is 12.3 Å². The van der Waals surface area contributed by atoms with Crippen molar-refractivity contribution in [1.82, 2.24) is 5.32 Å². The Balaban J connectivity index is 1.57. The van der Waals surface area contributed by atoms with Crippen LogP contribution in [0.25, 0.3) is 0 Å². The van der Waals surface area contributed by atoms with Crippen LogP contribution in [0.2, 0.25) is 0 Å². The maximum absolute atomic E-state index is 10.3. The Bertz CT molecular complexity index is 688. The molecule has 2 aromatic rings. The molecule has 0 bridgehead atoms. The number of ether oxygens (including phenoxy) is 1. The maximum atomic E-state index is 10.3. The van der Waals surface area contributed by atoms with Crippen molar-refractivity contribution in [1.29, 1.82) is 0 Å². The fourth-order valence-corrected chi connectivity index (χ4v) is 2.98. The van der Waals surface area contributed by atoms with Gasteiger partial charge in [-0.05, 0) is 28.8 Å². The van der Waals surface area contributed by atoms with E-state index in [1.54, 1.807) is 0 Å². The highest BCUT2D eigenvalue weighted by atomic mass is 16.5. The molecule has 3 nitrogen and oxygen atoms in total. The van der Waals surface area contributed by atoms with Crippen LogP contribution in [0.3, 0.4) is 0 Å². The van der Waals surface area contributed by atoms with Crippen LogP contribution in [-0.2, 0) is 13.0 Å². The summed E-state index contributed by atoms with van der Waals surface area (Å²) in [6, 6.07) is 16.2. The third-order valence-corrected chi connectivity index (χ3v) is 4.17. The van der Waals surface area contributed by atoms with Crippen LogP contribution >= 0.6 is 0 Å². The molecule has 0 aliphatic heterocycles. The fraction of sp³-hybridized carbons (Fsp3) is 0.300. The molecule has 3 heteroatoms. The lowest BCUT2D eigenvalue weighted by molar-refractivity contribution is 0.140. The Morgan fingerprint density at radius 3 is 2.74 bits per heavy atom. The standard InChI is InChI=1S/C20H21NO2/c1-2-3-12-23-17-10-8-15(9-11-17)14-21-20-18-7-5-4-6-16(18)13-19(20)22/h1,4-11,19-22H,3,12-14H2/t19-,20+/m0/s1. The van der Waals surface area contributed by atoms with Crippen molar-refractivity contribution in [2.45, 2.75) is 31.5 Å². The first-order valence-corrected chi connectivity index (χ1v) is 7.92. The lowest BCUT2D eigenvalue weighted by atomic mass is 10.1. The quantitative estimate of drug-likeness (QED) is 0.637. The minimum absolute atomic E-state index is 0.00208. The van der Waals surface area contributed by atoms with E-state index in [-0.39, 0.29) is 12.1 Å². The van der Waals surface area contributed by atoms with Gasteiger partial charge in [0.2, 0.25) is 0 Å². The Morgan fingerprint density at radius 2 is 1.96 bits per heavy atom. The predicted molar refractivity (Wildman–Crippen MR) is 91.1 cm³/mol. The van der Waals surface area contributed by atoms with Gasteiger partial charge in [-0.3, -0.25) is 0 Å². The van der Waals surface area contributed by atoms with Crippen LogP contribution in [-0.4, -0.2) is 17.8 Å². The number of aliphatic hydroxyl groups excluding tert-OH is 1. The highest BCUT2D eigenvalue weighted by molar-refractivity contribution is 5.36. The monoisotopic (exact) mass is 307 g/mol. The molecule has 0 saturated carbocycles. The summed E-state index contributed by atoms with van der Waals surface area (Å²) in [6.07, 6.45) is 6.17. The molecule has 0 unspecified atom stereocenters. The van der Waals surface area contributed by atoms with E-state index in [1.807, 2.05) is 36.4 Å². The summed E-state index contributed by atoms with van der Waals surface area (Å²) in [7, 11) is 0. The zero-order valence-electron chi connectivity index (χ0n) is 13.0. The van der Waals surface area contributed by atoms with Crippen molar-refractivity contribution in [3.63, 3.8) is 0 Å². The largest absolute Gasteiger partial charge is 0.493 e. The molecule has 2 N–H and O–H groups in total. The van der Waals surface area contributed by atoms with Crippen LogP contribution in [0.4, 0.5) is 0 Å². The number of aliphatic hydroxyl groups is 1. The summed E-state index contributed by atoms with van der Waals surface area (Å²) in [5.74, 6) is 3.38. The lowest BCUT2D eigenvalue weighted by Gasteiger charge is -2.18. The molecule has 1 aliphatic rings. The summed E-state index contributed by atoms with van der Waals surface area (Å²) < 4.78 is 5.54. The highest BCUT2D eigenvalue weighted by Gasteiger charge is 2.29. The van der Waals surface area contributed by atoms with Crippen molar-refractivity contribution in [2.24, 2.45) is 0 Å². The second-order valence-electron chi connectivity index (χ2n) is 5.78. The Labute approximate surface area is 137 Å². The average molecular weight is 307 g/mol. The molecule has 0 aromatic heterocycles. The van der Waals surface area contributed by atoms with Gasteiger partial charge in [0.1, 0.15) is 5.75 Å². The number of fused-ring (bicyclic) bond motifs is 1. The van der Waals surface area contributed by atoms with Crippen LogP contribution in [0, 0.1) is 12.3 Å². The number of rotatable bonds is 6. The molecule has 0 saturated heterocycles. The van der Waals surface area contributed by atoms with E-state index in [4.69, 9.17) is 11.2 Å². The molecule has 2 aromatic carbocycles. The van der Waals surface area contributed by atoms with E-state index in [0.717, 1.165) is 17.7 Å². The van der Waals surface area contributed by atoms with Crippen molar-refractivity contribution in [3.05, 3.63) is 65.2 Å². The second-order valence-corrected chi connectivity index (χ2v) is 5.78. The molecule has 23 heavy (non-hydrogen) atoms. The first-order chi connectivity index (χ1) is 11.3. The van der Waals surface area contributed by atoms with E-state index in [9.17, 15) is 5.11 Å². The third-order valence-electron chi connectivity index (χ3n) is 4.17. The summed E-state index contributed by atoms with van der Waals surface area (Å²) in [6.45, 7) is 1.25. The normalized spacial score (nSPS) is 19.1. The van der Waals surface area contributed by atoms with Crippen LogP contribution < -0.4 is 10.1 Å². The molecular weight excluding hydrogens is 286 g/mol. The van der Waals surface area contributed by atoms with Crippen molar-refractivity contribution >= 4 is 0 Å². The molecule has 118 valence electrons. The SMILES string of the molecule is C#CCCOc1ccc(CN[C@@H]2c3ccccc3C[C@@H]2O)cc1. The van der Waals surface area contributed by atoms with Gasteiger partial charge in [0.25, 0.3) is 0 Å². The minimum atomic E-state index is -0.362. The minimum Gasteiger partial charge on any atom is -0.493 e. The van der Waals surface area contributed by atoms with Gasteiger partial charge in [-0.25, -0.2) is 0 Å². The number of benzene rings is 2. The first-order valence-electron chi connectivity index (χ1n) is 7.92. The summed E-state index contributed by atoms with van der Waals surface area (Å²) in [5, 5.41) is 13.7. The molecule has 0 spiro atoms. The van der Waals surface area contributed by atoms with Gasteiger partial charge in [-0.1, -0.05) is 36.4 Å². The van der Waals surface area contributed by atoms with Crippen LogP contribution in [0.15, 0.2) is 48.5 Å². The number of hydrogen-bond donors (Lipinski definition) is 2. The zero-order valence-corrected chi connectivity index (χ0v) is 13.0. The van der Waals surface area contributed by atoms with E-state index in [0.29, 0.717) is 19.6 Å². The van der Waals surface area contributed by atoms with E-state index in [1.165, 1.54) is 11.1 Å². The Hall–Kier alpha value is -2.28. The third kappa shape index (κ3) is 3.73. The van der Waals surface area contributed by atoms with Crippen molar-refractivity contribution in [2.75, 3.05) is 6.61 Å². The van der Waals surface area contributed by atoms with E-state index >= 15 is 0 Å². The number of terminal acetylenes is 1. The topological polar surface area (TPSA) is 41.5 Å². The lowest BCUT2D eigenvalue weighted by Crippen LogP contribution is -2.28. The molecular formula is C20H21NO2. The predicted octanol–water partition coefficient (Wildman–Crippen LogP) is 2.84. The Kier molecular flexibility index (Phi) is 4.97. The van der Waals surface area contributed by atoms with Crippen LogP contribution in [0.1, 0.15) is 29.2 Å². The number of nitrogens with one attached hydrogen (secondary N) is 1. The highest BCUT2D eigenvalue weighted by Crippen LogP contribution is 2.31. The van der Waals surface area contributed by atoms with Crippen molar-refractivity contribution in [3.8, 4) is 18.1 Å². The molecule has 2 atom stereocenters.